The summed E-state index contributed by atoms with van der Waals surface area (Å²) < 4.78 is 28.5. The van der Waals surface area contributed by atoms with Gasteiger partial charge in [-0.15, -0.1) is 0 Å². The smallest absolute Gasteiger partial charge is 0.130 e. The summed E-state index contributed by atoms with van der Waals surface area (Å²) >= 11 is 3.26. The molecule has 1 atom stereocenters. The highest BCUT2D eigenvalue weighted by Gasteiger charge is 2.32. The molecule has 0 amide bonds. The summed E-state index contributed by atoms with van der Waals surface area (Å²) in [6, 6.07) is 2.96. The van der Waals surface area contributed by atoms with Crippen LogP contribution in [0.5, 0.6) is 0 Å². The molecule has 0 radical (unpaired) electrons. The van der Waals surface area contributed by atoms with Crippen molar-refractivity contribution in [1.82, 2.24) is 9.78 Å². The zero-order valence-corrected chi connectivity index (χ0v) is 11.4. The molecule has 18 heavy (non-hydrogen) atoms. The normalized spacial score (nSPS) is 14.6. The van der Waals surface area contributed by atoms with Gasteiger partial charge >= 0.3 is 0 Å². The fourth-order valence-corrected chi connectivity index (χ4v) is 2.66. The first kappa shape index (κ1) is 13.2. The lowest BCUT2D eigenvalue weighted by molar-refractivity contribution is 0.0913. The Labute approximate surface area is 111 Å². The van der Waals surface area contributed by atoms with Crippen molar-refractivity contribution in [3.8, 4) is 0 Å². The molecule has 96 valence electrons. The minimum Gasteiger partial charge on any atom is -0.379 e. The van der Waals surface area contributed by atoms with Gasteiger partial charge in [0.25, 0.3) is 0 Å². The standard InChI is InChI=1S/C12H11BrF2N2O/c1-12(18,11-10(13)6-16-17(11)2)7-3-8(14)5-9(15)4-7/h3-6,18H,1-2H3. The van der Waals surface area contributed by atoms with E-state index in [-0.39, 0.29) is 5.56 Å². The van der Waals surface area contributed by atoms with E-state index in [2.05, 4.69) is 21.0 Å². The summed E-state index contributed by atoms with van der Waals surface area (Å²) in [5.74, 6) is -1.47. The monoisotopic (exact) mass is 316 g/mol. The Bertz CT molecular complexity index is 556. The Hall–Kier alpha value is -1.27. The minimum atomic E-state index is -1.55. The number of benzene rings is 1. The highest BCUT2D eigenvalue weighted by Crippen LogP contribution is 2.34. The highest BCUT2D eigenvalue weighted by atomic mass is 79.9. The van der Waals surface area contributed by atoms with Gasteiger partial charge < -0.3 is 5.11 Å². The first-order chi connectivity index (χ1) is 8.32. The van der Waals surface area contributed by atoms with Crippen LogP contribution in [0.4, 0.5) is 8.78 Å². The summed E-state index contributed by atoms with van der Waals surface area (Å²) in [6.45, 7) is 1.46. The molecule has 1 heterocycles. The second-order valence-corrected chi connectivity index (χ2v) is 5.05. The molecule has 0 saturated carbocycles. The second-order valence-electron chi connectivity index (χ2n) is 4.20. The van der Waals surface area contributed by atoms with E-state index >= 15 is 0 Å². The van der Waals surface area contributed by atoms with Gasteiger partial charge in [-0.1, -0.05) is 0 Å². The minimum absolute atomic E-state index is 0.129. The van der Waals surface area contributed by atoms with Crippen molar-refractivity contribution in [2.45, 2.75) is 12.5 Å². The number of hydrogen-bond donors (Lipinski definition) is 1. The van der Waals surface area contributed by atoms with E-state index in [9.17, 15) is 13.9 Å². The number of aliphatic hydroxyl groups is 1. The maximum absolute atomic E-state index is 13.2. The van der Waals surface area contributed by atoms with Crippen LogP contribution in [-0.2, 0) is 12.6 Å². The van der Waals surface area contributed by atoms with Gasteiger partial charge in [0.2, 0.25) is 0 Å². The number of nitrogens with zero attached hydrogens (tertiary/aromatic N) is 2. The molecule has 2 rings (SSSR count). The van der Waals surface area contributed by atoms with Crippen LogP contribution in [0.1, 0.15) is 18.2 Å². The Balaban J connectivity index is 2.61. The van der Waals surface area contributed by atoms with Gasteiger partial charge in [-0.25, -0.2) is 8.78 Å². The molecule has 1 unspecified atom stereocenters. The van der Waals surface area contributed by atoms with Crippen LogP contribution in [0.3, 0.4) is 0 Å². The van der Waals surface area contributed by atoms with Gasteiger partial charge in [0, 0.05) is 13.1 Å². The van der Waals surface area contributed by atoms with Crippen molar-refractivity contribution in [2.24, 2.45) is 7.05 Å². The van der Waals surface area contributed by atoms with Crippen LogP contribution in [0.2, 0.25) is 0 Å². The molecule has 0 aliphatic carbocycles. The number of aryl methyl sites for hydroxylation is 1. The third-order valence-electron chi connectivity index (χ3n) is 2.78. The van der Waals surface area contributed by atoms with Gasteiger partial charge in [0.1, 0.15) is 17.2 Å². The molecule has 0 saturated heterocycles. The topological polar surface area (TPSA) is 38.0 Å². The summed E-state index contributed by atoms with van der Waals surface area (Å²) in [5, 5.41) is 14.5. The SMILES string of the molecule is Cn1ncc(Br)c1C(C)(O)c1cc(F)cc(F)c1. The lowest BCUT2D eigenvalue weighted by Gasteiger charge is -2.25. The molecule has 0 spiro atoms. The quantitative estimate of drug-likeness (QED) is 0.925. The maximum atomic E-state index is 13.2. The first-order valence-electron chi connectivity index (χ1n) is 5.19. The van der Waals surface area contributed by atoms with Crippen LogP contribution >= 0.6 is 15.9 Å². The molecular weight excluding hydrogens is 306 g/mol. The molecule has 1 aromatic carbocycles. The predicted octanol–water partition coefficient (Wildman–Crippen LogP) is 2.72. The van der Waals surface area contributed by atoms with Crippen LogP contribution in [0.25, 0.3) is 0 Å². The molecule has 0 aliphatic rings. The number of rotatable bonds is 2. The lowest BCUT2D eigenvalue weighted by atomic mass is 9.92. The van der Waals surface area contributed by atoms with Crippen molar-refractivity contribution in [1.29, 1.82) is 0 Å². The first-order valence-corrected chi connectivity index (χ1v) is 5.98. The third kappa shape index (κ3) is 2.18. The van der Waals surface area contributed by atoms with E-state index in [0.717, 1.165) is 18.2 Å². The molecule has 0 aliphatic heterocycles. The van der Waals surface area contributed by atoms with E-state index in [1.54, 1.807) is 7.05 Å². The van der Waals surface area contributed by atoms with E-state index in [1.165, 1.54) is 17.8 Å². The lowest BCUT2D eigenvalue weighted by Crippen LogP contribution is -2.27. The number of hydrogen-bond acceptors (Lipinski definition) is 2. The number of aromatic nitrogens is 2. The summed E-state index contributed by atoms with van der Waals surface area (Å²) in [4.78, 5) is 0. The summed E-state index contributed by atoms with van der Waals surface area (Å²) in [5.41, 5.74) is -0.996. The fraction of sp³-hybridized carbons (Fsp3) is 0.250. The fourth-order valence-electron chi connectivity index (χ4n) is 1.93. The van der Waals surface area contributed by atoms with Gasteiger partial charge in [0.15, 0.2) is 0 Å². The van der Waals surface area contributed by atoms with Gasteiger partial charge in [-0.2, -0.15) is 5.10 Å². The molecule has 6 heteroatoms. The van der Waals surface area contributed by atoms with E-state index < -0.39 is 17.2 Å². The van der Waals surface area contributed by atoms with Crippen molar-refractivity contribution < 1.29 is 13.9 Å². The second kappa shape index (κ2) is 4.44. The molecular formula is C12H11BrF2N2O. The van der Waals surface area contributed by atoms with Gasteiger partial charge in [-0.05, 0) is 40.5 Å². The van der Waals surface area contributed by atoms with Crippen molar-refractivity contribution in [3.63, 3.8) is 0 Å². The Kier molecular flexibility index (Phi) is 3.25. The van der Waals surface area contributed by atoms with Crippen molar-refractivity contribution >= 4 is 15.9 Å². The average molecular weight is 317 g/mol. The average Bonchev–Trinajstić information content (AvgIpc) is 2.57. The summed E-state index contributed by atoms with van der Waals surface area (Å²) in [7, 11) is 1.64. The van der Waals surface area contributed by atoms with Gasteiger partial charge in [-0.3, -0.25) is 4.68 Å². The van der Waals surface area contributed by atoms with Gasteiger partial charge in [0.05, 0.1) is 16.4 Å². The van der Waals surface area contributed by atoms with Crippen LogP contribution < -0.4 is 0 Å². The Morgan fingerprint density at radius 2 is 1.83 bits per heavy atom. The van der Waals surface area contributed by atoms with E-state index in [4.69, 9.17) is 0 Å². The zero-order valence-electron chi connectivity index (χ0n) is 9.78. The van der Waals surface area contributed by atoms with Crippen molar-refractivity contribution in [2.75, 3.05) is 0 Å². The molecule has 1 N–H and O–H groups in total. The Morgan fingerprint density at radius 3 is 2.28 bits per heavy atom. The summed E-state index contributed by atoms with van der Waals surface area (Å²) in [6.07, 6.45) is 1.51. The highest BCUT2D eigenvalue weighted by molar-refractivity contribution is 9.10. The third-order valence-corrected chi connectivity index (χ3v) is 3.36. The van der Waals surface area contributed by atoms with Crippen LogP contribution in [-0.4, -0.2) is 14.9 Å². The molecule has 2 aromatic rings. The molecule has 3 nitrogen and oxygen atoms in total. The maximum Gasteiger partial charge on any atom is 0.130 e. The van der Waals surface area contributed by atoms with E-state index in [0.29, 0.717) is 10.2 Å². The molecule has 0 bridgehead atoms. The molecule has 1 aromatic heterocycles. The van der Waals surface area contributed by atoms with Crippen LogP contribution in [0, 0.1) is 11.6 Å². The van der Waals surface area contributed by atoms with Crippen LogP contribution in [0.15, 0.2) is 28.9 Å². The predicted molar refractivity (Wildman–Crippen MR) is 65.9 cm³/mol. The van der Waals surface area contributed by atoms with E-state index in [1.807, 2.05) is 0 Å². The Morgan fingerprint density at radius 1 is 1.28 bits per heavy atom. The van der Waals surface area contributed by atoms with Crippen molar-refractivity contribution in [3.05, 3.63) is 51.8 Å². The zero-order chi connectivity index (χ0) is 13.5. The number of halogens is 3. The largest absolute Gasteiger partial charge is 0.379 e. The molecule has 0 fully saturated rings.